The van der Waals surface area contributed by atoms with Crippen LogP contribution in [-0.4, -0.2) is 67.0 Å². The van der Waals surface area contributed by atoms with Crippen molar-refractivity contribution in [3.63, 3.8) is 0 Å². The lowest BCUT2D eigenvalue weighted by Crippen LogP contribution is -2.42. The van der Waals surface area contributed by atoms with Crippen molar-refractivity contribution in [1.29, 1.82) is 0 Å². The molecule has 1 aromatic carbocycles. The monoisotopic (exact) mass is 373 g/mol. The summed E-state index contributed by atoms with van der Waals surface area (Å²) in [5.41, 5.74) is 1.22. The van der Waals surface area contributed by atoms with E-state index in [4.69, 9.17) is 4.74 Å². The van der Waals surface area contributed by atoms with Gasteiger partial charge in [0.1, 0.15) is 17.9 Å². The number of aromatic nitrogens is 3. The number of rotatable bonds is 9. The van der Waals surface area contributed by atoms with Gasteiger partial charge < -0.3 is 24.8 Å². The fourth-order valence-electron chi connectivity index (χ4n) is 2.87. The first kappa shape index (κ1) is 20.7. The Hall–Kier alpha value is -2.61. The molecular formula is C19H31N7O. The Kier molecular flexibility index (Phi) is 8.06. The van der Waals surface area contributed by atoms with Gasteiger partial charge in [0.25, 0.3) is 0 Å². The summed E-state index contributed by atoms with van der Waals surface area (Å²) in [5, 5.41) is 14.8. The van der Waals surface area contributed by atoms with E-state index in [1.165, 1.54) is 5.56 Å². The molecule has 8 nitrogen and oxygen atoms in total. The van der Waals surface area contributed by atoms with E-state index in [9.17, 15) is 0 Å². The zero-order chi connectivity index (χ0) is 19.6. The van der Waals surface area contributed by atoms with E-state index >= 15 is 0 Å². The van der Waals surface area contributed by atoms with Gasteiger partial charge in [-0.15, -0.1) is 10.2 Å². The molecule has 0 saturated carbocycles. The van der Waals surface area contributed by atoms with E-state index in [1.54, 1.807) is 20.5 Å². The topological polar surface area (TPSA) is 79.6 Å². The highest BCUT2D eigenvalue weighted by molar-refractivity contribution is 5.79. The molecule has 1 atom stereocenters. The number of methoxy groups -OCH3 is 1. The van der Waals surface area contributed by atoms with Crippen molar-refractivity contribution in [2.45, 2.75) is 25.9 Å². The molecule has 0 aliphatic rings. The lowest BCUT2D eigenvalue weighted by molar-refractivity contribution is 0.298. The fourth-order valence-corrected chi connectivity index (χ4v) is 2.87. The highest BCUT2D eigenvalue weighted by atomic mass is 16.5. The second kappa shape index (κ2) is 10.5. The van der Waals surface area contributed by atoms with Crippen LogP contribution in [0.2, 0.25) is 0 Å². The molecule has 1 heterocycles. The number of benzene rings is 1. The second-order valence-electron chi connectivity index (χ2n) is 6.43. The van der Waals surface area contributed by atoms with Gasteiger partial charge in [-0.3, -0.25) is 4.99 Å². The predicted octanol–water partition coefficient (Wildman–Crippen LogP) is 1.32. The van der Waals surface area contributed by atoms with Crippen LogP contribution in [0.25, 0.3) is 0 Å². The molecule has 0 aliphatic heterocycles. The summed E-state index contributed by atoms with van der Waals surface area (Å²) in [6.07, 6.45) is 2.64. The summed E-state index contributed by atoms with van der Waals surface area (Å²) in [4.78, 5) is 6.50. The SMILES string of the molecule is CCc1nncn1CCNC(=NC)NCC(c1ccc(OC)cc1)N(C)C. The summed E-state index contributed by atoms with van der Waals surface area (Å²) in [7, 11) is 7.61. The van der Waals surface area contributed by atoms with Gasteiger partial charge in [-0.25, -0.2) is 0 Å². The van der Waals surface area contributed by atoms with Gasteiger partial charge in [0, 0.05) is 33.1 Å². The minimum atomic E-state index is 0.221. The Morgan fingerprint density at radius 3 is 2.59 bits per heavy atom. The summed E-state index contributed by atoms with van der Waals surface area (Å²) in [5.74, 6) is 2.63. The van der Waals surface area contributed by atoms with Crippen LogP contribution in [0.3, 0.4) is 0 Å². The minimum absolute atomic E-state index is 0.221. The van der Waals surface area contributed by atoms with Gasteiger partial charge in [-0.05, 0) is 31.8 Å². The van der Waals surface area contributed by atoms with Crippen LogP contribution >= 0.6 is 0 Å². The van der Waals surface area contributed by atoms with Gasteiger partial charge in [-0.2, -0.15) is 0 Å². The molecule has 27 heavy (non-hydrogen) atoms. The lowest BCUT2D eigenvalue weighted by atomic mass is 10.1. The summed E-state index contributed by atoms with van der Waals surface area (Å²) >= 11 is 0. The van der Waals surface area contributed by atoms with E-state index < -0.39 is 0 Å². The number of nitrogens with zero attached hydrogens (tertiary/aromatic N) is 5. The first-order valence-corrected chi connectivity index (χ1v) is 9.20. The van der Waals surface area contributed by atoms with E-state index in [0.29, 0.717) is 0 Å². The maximum absolute atomic E-state index is 5.25. The highest BCUT2D eigenvalue weighted by Crippen LogP contribution is 2.20. The predicted molar refractivity (Wildman–Crippen MR) is 108 cm³/mol. The number of hydrogen-bond donors (Lipinski definition) is 2. The maximum atomic E-state index is 5.25. The molecule has 0 amide bonds. The van der Waals surface area contributed by atoms with Crippen LogP contribution in [0.5, 0.6) is 5.75 Å². The molecule has 0 spiro atoms. The second-order valence-corrected chi connectivity index (χ2v) is 6.43. The van der Waals surface area contributed by atoms with Crippen LogP contribution in [0.4, 0.5) is 0 Å². The van der Waals surface area contributed by atoms with Crippen molar-refractivity contribution in [3.8, 4) is 5.75 Å². The Balaban J connectivity index is 1.88. The summed E-state index contributed by atoms with van der Waals surface area (Å²) in [6, 6.07) is 8.39. The third-order valence-corrected chi connectivity index (χ3v) is 4.47. The molecule has 2 aromatic rings. The Morgan fingerprint density at radius 2 is 2.00 bits per heavy atom. The Morgan fingerprint density at radius 1 is 1.26 bits per heavy atom. The van der Waals surface area contributed by atoms with Crippen molar-refractivity contribution >= 4 is 5.96 Å². The van der Waals surface area contributed by atoms with Gasteiger partial charge in [-0.1, -0.05) is 19.1 Å². The number of nitrogens with one attached hydrogen (secondary N) is 2. The zero-order valence-corrected chi connectivity index (χ0v) is 16.9. The third-order valence-electron chi connectivity index (χ3n) is 4.47. The number of ether oxygens (including phenoxy) is 1. The number of aryl methyl sites for hydroxylation is 1. The molecule has 2 N–H and O–H groups in total. The standard InChI is InChI=1S/C19H31N7O/c1-6-18-24-23-14-26(18)12-11-21-19(20-2)22-13-17(25(3)4)15-7-9-16(27-5)10-8-15/h7-10,14,17H,6,11-13H2,1-5H3,(H2,20,21,22). The van der Waals surface area contributed by atoms with Crippen molar-refractivity contribution in [2.75, 3.05) is 41.3 Å². The molecule has 8 heteroatoms. The third kappa shape index (κ3) is 5.96. The molecule has 0 aliphatic carbocycles. The molecule has 0 fully saturated rings. The normalized spacial score (nSPS) is 12.9. The van der Waals surface area contributed by atoms with Crippen LogP contribution in [0.15, 0.2) is 35.6 Å². The van der Waals surface area contributed by atoms with Crippen molar-refractivity contribution in [2.24, 2.45) is 4.99 Å². The molecule has 0 radical (unpaired) electrons. The number of guanidine groups is 1. The molecule has 148 valence electrons. The van der Waals surface area contributed by atoms with Gasteiger partial charge in [0.15, 0.2) is 5.96 Å². The molecule has 0 bridgehead atoms. The van der Waals surface area contributed by atoms with Gasteiger partial charge in [0.05, 0.1) is 13.2 Å². The van der Waals surface area contributed by atoms with Crippen LogP contribution in [0.1, 0.15) is 24.4 Å². The van der Waals surface area contributed by atoms with Crippen molar-refractivity contribution in [3.05, 3.63) is 42.0 Å². The fraction of sp³-hybridized carbons (Fsp3) is 0.526. The molecule has 0 saturated heterocycles. The Bertz CT molecular complexity index is 709. The minimum Gasteiger partial charge on any atom is -0.497 e. The largest absolute Gasteiger partial charge is 0.497 e. The number of aliphatic imine (C=N–C) groups is 1. The quantitative estimate of drug-likeness (QED) is 0.510. The van der Waals surface area contributed by atoms with Crippen LogP contribution in [0, 0.1) is 0 Å². The van der Waals surface area contributed by atoms with Crippen molar-refractivity contribution in [1.82, 2.24) is 30.3 Å². The number of hydrogen-bond acceptors (Lipinski definition) is 5. The summed E-state index contributed by atoms with van der Waals surface area (Å²) in [6.45, 7) is 4.37. The van der Waals surface area contributed by atoms with E-state index in [-0.39, 0.29) is 6.04 Å². The first-order valence-electron chi connectivity index (χ1n) is 9.20. The zero-order valence-electron chi connectivity index (χ0n) is 16.9. The first-order chi connectivity index (χ1) is 13.1. The maximum Gasteiger partial charge on any atom is 0.191 e. The van der Waals surface area contributed by atoms with Crippen LogP contribution < -0.4 is 15.4 Å². The van der Waals surface area contributed by atoms with Gasteiger partial charge >= 0.3 is 0 Å². The smallest absolute Gasteiger partial charge is 0.191 e. The van der Waals surface area contributed by atoms with Crippen LogP contribution in [-0.2, 0) is 13.0 Å². The summed E-state index contributed by atoms with van der Waals surface area (Å²) < 4.78 is 7.30. The molecule has 2 rings (SSSR count). The molecule has 1 aromatic heterocycles. The van der Waals surface area contributed by atoms with Crippen molar-refractivity contribution < 1.29 is 4.74 Å². The van der Waals surface area contributed by atoms with Gasteiger partial charge in [0.2, 0.25) is 0 Å². The average Bonchev–Trinajstić information content (AvgIpc) is 3.14. The number of likely N-dealkylation sites (N-methyl/N-ethyl adjacent to an activating group) is 1. The van der Waals surface area contributed by atoms with E-state index in [1.807, 2.05) is 12.1 Å². The molecular weight excluding hydrogens is 342 g/mol. The molecule has 1 unspecified atom stereocenters. The lowest BCUT2D eigenvalue weighted by Gasteiger charge is -2.26. The highest BCUT2D eigenvalue weighted by Gasteiger charge is 2.15. The Labute approximate surface area is 161 Å². The average molecular weight is 374 g/mol. The van der Waals surface area contributed by atoms with E-state index in [0.717, 1.165) is 43.6 Å². The van der Waals surface area contributed by atoms with E-state index in [2.05, 4.69) is 68.4 Å².